The standard InChI is InChI=1S/C16H29N3O.HI/c1-17-15(18-3-4-20-2)19-11-16-8-12-5-13(9-16)7-14(6-12)10-16;/h12-14H,3-11H2,1-2H3,(H2,17,18,19);1H. The molecule has 4 nitrogen and oxygen atoms in total. The Morgan fingerprint density at radius 1 is 1.10 bits per heavy atom. The molecule has 0 aromatic rings. The zero-order chi connectivity index (χ0) is 14.0. The summed E-state index contributed by atoms with van der Waals surface area (Å²) in [5.41, 5.74) is 0.563. The number of rotatable bonds is 5. The summed E-state index contributed by atoms with van der Waals surface area (Å²) in [6, 6.07) is 0. The van der Waals surface area contributed by atoms with Gasteiger partial charge in [-0.1, -0.05) is 0 Å². The van der Waals surface area contributed by atoms with Gasteiger partial charge in [-0.25, -0.2) is 0 Å². The molecule has 0 unspecified atom stereocenters. The van der Waals surface area contributed by atoms with Crippen molar-refractivity contribution in [3.8, 4) is 0 Å². The third-order valence-corrected chi connectivity index (χ3v) is 5.62. The summed E-state index contributed by atoms with van der Waals surface area (Å²) in [5, 5.41) is 6.89. The minimum absolute atomic E-state index is 0. The minimum Gasteiger partial charge on any atom is -0.383 e. The number of ether oxygens (including phenoxy) is 1. The first-order valence-corrected chi connectivity index (χ1v) is 8.16. The van der Waals surface area contributed by atoms with Gasteiger partial charge in [0.15, 0.2) is 5.96 Å². The smallest absolute Gasteiger partial charge is 0.191 e. The quantitative estimate of drug-likeness (QED) is 0.319. The largest absolute Gasteiger partial charge is 0.383 e. The fourth-order valence-corrected chi connectivity index (χ4v) is 5.27. The number of nitrogens with one attached hydrogen (secondary N) is 2. The SMILES string of the molecule is CN=C(NCCOC)NCC12CC3CC(CC(C3)C1)C2.I. The lowest BCUT2D eigenvalue weighted by atomic mass is 9.49. The molecule has 0 heterocycles. The molecule has 0 aliphatic heterocycles. The molecule has 4 saturated carbocycles. The highest BCUT2D eigenvalue weighted by Crippen LogP contribution is 2.59. The van der Waals surface area contributed by atoms with E-state index in [9.17, 15) is 0 Å². The van der Waals surface area contributed by atoms with Crippen LogP contribution in [0.5, 0.6) is 0 Å². The van der Waals surface area contributed by atoms with Crippen molar-refractivity contribution in [2.75, 3.05) is 33.9 Å². The average Bonchev–Trinajstić information content (AvgIpc) is 2.41. The van der Waals surface area contributed by atoms with E-state index in [1.54, 1.807) is 7.11 Å². The number of aliphatic imine (C=N–C) groups is 1. The van der Waals surface area contributed by atoms with E-state index in [0.717, 1.165) is 43.4 Å². The Bertz CT molecular complexity index is 337. The van der Waals surface area contributed by atoms with Crippen LogP contribution >= 0.6 is 24.0 Å². The van der Waals surface area contributed by atoms with E-state index in [0.29, 0.717) is 5.41 Å². The van der Waals surface area contributed by atoms with Gasteiger partial charge in [0, 0.05) is 27.2 Å². The van der Waals surface area contributed by atoms with Gasteiger partial charge in [0.1, 0.15) is 0 Å². The molecule has 0 spiro atoms. The molecule has 4 rings (SSSR count). The molecule has 122 valence electrons. The Morgan fingerprint density at radius 2 is 1.67 bits per heavy atom. The van der Waals surface area contributed by atoms with Crippen molar-refractivity contribution in [1.82, 2.24) is 10.6 Å². The molecule has 0 radical (unpaired) electrons. The van der Waals surface area contributed by atoms with Gasteiger partial charge in [-0.3, -0.25) is 4.99 Å². The van der Waals surface area contributed by atoms with Crippen LogP contribution in [0, 0.1) is 23.2 Å². The monoisotopic (exact) mass is 407 g/mol. The van der Waals surface area contributed by atoms with E-state index in [2.05, 4.69) is 15.6 Å². The molecule has 4 bridgehead atoms. The van der Waals surface area contributed by atoms with Crippen LogP contribution in [0.1, 0.15) is 38.5 Å². The van der Waals surface area contributed by atoms with Crippen LogP contribution in [-0.4, -0.2) is 39.8 Å². The van der Waals surface area contributed by atoms with Crippen LogP contribution in [-0.2, 0) is 4.74 Å². The summed E-state index contributed by atoms with van der Waals surface area (Å²) in [7, 11) is 3.58. The lowest BCUT2D eigenvalue weighted by molar-refractivity contribution is -0.0492. The van der Waals surface area contributed by atoms with Crippen molar-refractivity contribution in [3.63, 3.8) is 0 Å². The summed E-state index contributed by atoms with van der Waals surface area (Å²) >= 11 is 0. The number of nitrogens with zero attached hydrogens (tertiary/aromatic N) is 1. The van der Waals surface area contributed by atoms with Gasteiger partial charge < -0.3 is 15.4 Å². The van der Waals surface area contributed by atoms with Gasteiger partial charge in [-0.15, -0.1) is 24.0 Å². The Labute approximate surface area is 145 Å². The molecule has 0 aromatic heterocycles. The van der Waals surface area contributed by atoms with Gasteiger partial charge in [-0.2, -0.15) is 0 Å². The van der Waals surface area contributed by atoms with E-state index in [-0.39, 0.29) is 24.0 Å². The zero-order valence-electron chi connectivity index (χ0n) is 13.4. The summed E-state index contributed by atoms with van der Waals surface area (Å²) in [6.45, 7) is 2.64. The molecule has 21 heavy (non-hydrogen) atoms. The molecule has 0 amide bonds. The third-order valence-electron chi connectivity index (χ3n) is 5.62. The van der Waals surface area contributed by atoms with Crippen LogP contribution in [0.15, 0.2) is 4.99 Å². The predicted octanol–water partition coefficient (Wildman–Crippen LogP) is 2.63. The lowest BCUT2D eigenvalue weighted by Crippen LogP contribution is -2.52. The highest BCUT2D eigenvalue weighted by atomic mass is 127. The Morgan fingerprint density at radius 3 is 2.14 bits per heavy atom. The fourth-order valence-electron chi connectivity index (χ4n) is 5.27. The van der Waals surface area contributed by atoms with Crippen LogP contribution in [0.2, 0.25) is 0 Å². The first-order chi connectivity index (χ1) is 9.73. The van der Waals surface area contributed by atoms with Crippen LogP contribution in [0.25, 0.3) is 0 Å². The van der Waals surface area contributed by atoms with Gasteiger partial charge in [0.05, 0.1) is 6.61 Å². The molecule has 2 N–H and O–H groups in total. The molecule has 0 saturated heterocycles. The van der Waals surface area contributed by atoms with Crippen molar-refractivity contribution in [3.05, 3.63) is 0 Å². The van der Waals surface area contributed by atoms with Gasteiger partial charge in [0.25, 0.3) is 0 Å². The molecule has 0 aromatic carbocycles. The molecule has 4 fully saturated rings. The number of guanidine groups is 1. The van der Waals surface area contributed by atoms with Crippen molar-refractivity contribution in [1.29, 1.82) is 0 Å². The summed E-state index contributed by atoms with van der Waals surface area (Å²) in [4.78, 5) is 4.32. The second-order valence-electron chi connectivity index (χ2n) is 7.26. The van der Waals surface area contributed by atoms with Gasteiger partial charge in [0.2, 0.25) is 0 Å². The minimum atomic E-state index is 0. The second kappa shape index (κ2) is 7.49. The zero-order valence-corrected chi connectivity index (χ0v) is 15.7. The number of hydrogen-bond donors (Lipinski definition) is 2. The molecular weight excluding hydrogens is 377 g/mol. The van der Waals surface area contributed by atoms with Crippen LogP contribution < -0.4 is 10.6 Å². The van der Waals surface area contributed by atoms with Crippen LogP contribution in [0.4, 0.5) is 0 Å². The molecule has 4 aliphatic carbocycles. The van der Waals surface area contributed by atoms with E-state index in [1.807, 2.05) is 7.05 Å². The van der Waals surface area contributed by atoms with E-state index < -0.39 is 0 Å². The second-order valence-corrected chi connectivity index (χ2v) is 7.26. The first-order valence-electron chi connectivity index (χ1n) is 8.16. The Balaban J connectivity index is 0.00000161. The van der Waals surface area contributed by atoms with E-state index in [1.165, 1.54) is 38.5 Å². The Kier molecular flexibility index (Phi) is 6.17. The predicted molar refractivity (Wildman–Crippen MR) is 97.3 cm³/mol. The Hall–Kier alpha value is -0.0400. The summed E-state index contributed by atoms with van der Waals surface area (Å²) < 4.78 is 5.07. The van der Waals surface area contributed by atoms with E-state index >= 15 is 0 Å². The molecule has 0 atom stereocenters. The maximum atomic E-state index is 5.07. The van der Waals surface area contributed by atoms with E-state index in [4.69, 9.17) is 4.74 Å². The fraction of sp³-hybridized carbons (Fsp3) is 0.938. The average molecular weight is 407 g/mol. The lowest BCUT2D eigenvalue weighted by Gasteiger charge is -2.57. The maximum Gasteiger partial charge on any atom is 0.191 e. The van der Waals surface area contributed by atoms with Crippen molar-refractivity contribution < 1.29 is 4.74 Å². The topological polar surface area (TPSA) is 45.7 Å². The molecular formula is C16H30IN3O. The summed E-state index contributed by atoms with van der Waals surface area (Å²) in [5.74, 6) is 3.99. The van der Waals surface area contributed by atoms with Gasteiger partial charge in [-0.05, 0) is 61.7 Å². The van der Waals surface area contributed by atoms with Crippen molar-refractivity contribution >= 4 is 29.9 Å². The van der Waals surface area contributed by atoms with Gasteiger partial charge >= 0.3 is 0 Å². The highest BCUT2D eigenvalue weighted by Gasteiger charge is 2.50. The summed E-state index contributed by atoms with van der Waals surface area (Å²) in [6.07, 6.45) is 8.88. The highest BCUT2D eigenvalue weighted by molar-refractivity contribution is 14.0. The van der Waals surface area contributed by atoms with Crippen molar-refractivity contribution in [2.24, 2.45) is 28.2 Å². The normalized spacial score (nSPS) is 37.2. The third kappa shape index (κ3) is 4.03. The van der Waals surface area contributed by atoms with Crippen LogP contribution in [0.3, 0.4) is 0 Å². The first kappa shape index (κ1) is 17.3. The maximum absolute atomic E-state index is 5.07. The number of methoxy groups -OCH3 is 1. The molecule has 5 heteroatoms. The number of hydrogen-bond acceptors (Lipinski definition) is 2. The van der Waals surface area contributed by atoms with Crippen molar-refractivity contribution in [2.45, 2.75) is 38.5 Å². The number of halogens is 1. The molecule has 4 aliphatic rings.